The Kier molecular flexibility index (Phi) is 3.46. The van der Waals surface area contributed by atoms with Crippen LogP contribution >= 0.6 is 0 Å². The molecule has 1 aromatic rings. The summed E-state index contributed by atoms with van der Waals surface area (Å²) in [6, 6.07) is 5.58. The maximum absolute atomic E-state index is 11.3. The number of rotatable bonds is 4. The number of carboxylic acid groups (broad SMARTS) is 1. The van der Waals surface area contributed by atoms with Crippen molar-refractivity contribution in [2.75, 3.05) is 11.9 Å². The van der Waals surface area contributed by atoms with Gasteiger partial charge in [0.2, 0.25) is 0 Å². The highest BCUT2D eigenvalue weighted by atomic mass is 16.5. The van der Waals surface area contributed by atoms with Gasteiger partial charge in [0.15, 0.2) is 6.61 Å². The van der Waals surface area contributed by atoms with E-state index in [9.17, 15) is 9.59 Å². The number of fused-ring (bicyclic) bond motifs is 1. The quantitative estimate of drug-likeness (QED) is 0.872. The van der Waals surface area contributed by atoms with E-state index in [1.807, 2.05) is 32.0 Å². The third kappa shape index (κ3) is 3.05. The second kappa shape index (κ2) is 4.91. The fourth-order valence-corrected chi connectivity index (χ4v) is 2.07. The molecule has 0 spiro atoms. The van der Waals surface area contributed by atoms with E-state index < -0.39 is 5.97 Å². The average Bonchev–Trinajstić information content (AvgIpc) is 2.35. The molecule has 0 aromatic heterocycles. The molecule has 0 aliphatic carbocycles. The van der Waals surface area contributed by atoms with Crippen LogP contribution in [0.2, 0.25) is 0 Å². The lowest BCUT2D eigenvalue weighted by Gasteiger charge is -2.27. The highest BCUT2D eigenvalue weighted by molar-refractivity contribution is 5.95. The highest BCUT2D eigenvalue weighted by Crippen LogP contribution is 2.35. The van der Waals surface area contributed by atoms with Gasteiger partial charge in [-0.05, 0) is 29.5 Å². The minimum absolute atomic E-state index is 0.0365. The fourth-order valence-electron chi connectivity index (χ4n) is 2.07. The molecule has 2 rings (SSSR count). The van der Waals surface area contributed by atoms with E-state index in [0.29, 0.717) is 17.9 Å². The largest absolute Gasteiger partial charge is 0.482 e. The van der Waals surface area contributed by atoms with Crippen molar-refractivity contribution in [3.05, 3.63) is 23.8 Å². The van der Waals surface area contributed by atoms with Gasteiger partial charge in [0.25, 0.3) is 5.91 Å². The summed E-state index contributed by atoms with van der Waals surface area (Å²) >= 11 is 0. The molecule has 19 heavy (non-hydrogen) atoms. The first-order valence-corrected chi connectivity index (χ1v) is 6.17. The van der Waals surface area contributed by atoms with Crippen LogP contribution in [0.15, 0.2) is 18.2 Å². The van der Waals surface area contributed by atoms with Crippen molar-refractivity contribution in [1.82, 2.24) is 0 Å². The minimum Gasteiger partial charge on any atom is -0.482 e. The van der Waals surface area contributed by atoms with Crippen LogP contribution in [-0.4, -0.2) is 23.6 Å². The zero-order valence-electron chi connectivity index (χ0n) is 11.0. The number of carboxylic acids is 1. The summed E-state index contributed by atoms with van der Waals surface area (Å²) in [6.45, 7) is 4.01. The minimum atomic E-state index is -0.803. The first-order chi connectivity index (χ1) is 8.88. The fraction of sp³-hybridized carbons (Fsp3) is 0.429. The SMILES string of the molecule is CC(C)(CCC(=O)O)c1ccc2c(c1)NC(=O)CO2. The van der Waals surface area contributed by atoms with Gasteiger partial charge in [0.1, 0.15) is 5.75 Å². The summed E-state index contributed by atoms with van der Waals surface area (Å²) in [5, 5.41) is 11.5. The van der Waals surface area contributed by atoms with Crippen LogP contribution in [0.5, 0.6) is 5.75 Å². The zero-order valence-corrected chi connectivity index (χ0v) is 11.0. The van der Waals surface area contributed by atoms with E-state index in [4.69, 9.17) is 9.84 Å². The number of benzene rings is 1. The first-order valence-electron chi connectivity index (χ1n) is 6.17. The van der Waals surface area contributed by atoms with Gasteiger partial charge in [-0.15, -0.1) is 0 Å². The number of anilines is 1. The second-order valence-electron chi connectivity index (χ2n) is 5.33. The number of carbonyl (C=O) groups excluding carboxylic acids is 1. The van der Waals surface area contributed by atoms with Gasteiger partial charge in [0.05, 0.1) is 5.69 Å². The Morgan fingerprint density at radius 1 is 1.47 bits per heavy atom. The van der Waals surface area contributed by atoms with Crippen molar-refractivity contribution in [2.24, 2.45) is 0 Å². The molecule has 1 aromatic carbocycles. The van der Waals surface area contributed by atoms with Crippen molar-refractivity contribution in [1.29, 1.82) is 0 Å². The number of amides is 1. The lowest BCUT2D eigenvalue weighted by molar-refractivity contribution is -0.137. The number of nitrogens with one attached hydrogen (secondary N) is 1. The van der Waals surface area contributed by atoms with Gasteiger partial charge in [-0.1, -0.05) is 19.9 Å². The Hall–Kier alpha value is -2.04. The van der Waals surface area contributed by atoms with E-state index in [1.54, 1.807) is 0 Å². The van der Waals surface area contributed by atoms with Gasteiger partial charge >= 0.3 is 5.97 Å². The third-order valence-corrected chi connectivity index (χ3v) is 3.36. The van der Waals surface area contributed by atoms with Crippen LogP contribution in [0, 0.1) is 0 Å². The molecular weight excluding hydrogens is 246 g/mol. The van der Waals surface area contributed by atoms with Gasteiger partial charge in [0, 0.05) is 6.42 Å². The summed E-state index contributed by atoms with van der Waals surface area (Å²) in [4.78, 5) is 22.0. The number of ether oxygens (including phenoxy) is 1. The Bertz CT molecular complexity index is 522. The van der Waals surface area contributed by atoms with Crippen molar-refractivity contribution in [3.63, 3.8) is 0 Å². The predicted octanol–water partition coefficient (Wildman–Crippen LogP) is 2.16. The summed E-state index contributed by atoms with van der Waals surface area (Å²) in [6.07, 6.45) is 0.656. The Balaban J connectivity index is 2.23. The van der Waals surface area contributed by atoms with Gasteiger partial charge < -0.3 is 15.2 Å². The molecule has 5 heteroatoms. The number of carbonyl (C=O) groups is 2. The van der Waals surface area contributed by atoms with Crippen molar-refractivity contribution in [3.8, 4) is 5.75 Å². The number of hydrogen-bond donors (Lipinski definition) is 2. The first kappa shape index (κ1) is 13.4. The smallest absolute Gasteiger partial charge is 0.303 e. The molecule has 2 N–H and O–H groups in total. The summed E-state index contributed by atoms with van der Waals surface area (Å²) in [5.74, 6) is -0.326. The normalized spacial score (nSPS) is 14.3. The molecule has 0 bridgehead atoms. The Labute approximate surface area is 111 Å². The van der Waals surface area contributed by atoms with E-state index in [2.05, 4.69) is 5.32 Å². The molecule has 1 amide bonds. The summed E-state index contributed by atoms with van der Waals surface area (Å²) < 4.78 is 5.30. The summed E-state index contributed by atoms with van der Waals surface area (Å²) in [5.41, 5.74) is 1.37. The Morgan fingerprint density at radius 2 is 2.21 bits per heavy atom. The van der Waals surface area contributed by atoms with Gasteiger partial charge in [-0.2, -0.15) is 0 Å². The van der Waals surface area contributed by atoms with Crippen molar-refractivity contribution in [2.45, 2.75) is 32.1 Å². The Morgan fingerprint density at radius 3 is 2.89 bits per heavy atom. The molecular formula is C14H17NO4. The number of aliphatic carboxylic acids is 1. The molecule has 0 saturated carbocycles. The van der Waals surface area contributed by atoms with Crippen LogP contribution in [-0.2, 0) is 15.0 Å². The molecule has 1 heterocycles. The predicted molar refractivity (Wildman–Crippen MR) is 70.5 cm³/mol. The third-order valence-electron chi connectivity index (χ3n) is 3.36. The molecule has 0 saturated heterocycles. The molecule has 102 valence electrons. The molecule has 0 unspecified atom stereocenters. The monoisotopic (exact) mass is 263 g/mol. The van der Waals surface area contributed by atoms with Crippen LogP contribution in [0.4, 0.5) is 5.69 Å². The highest BCUT2D eigenvalue weighted by Gasteiger charge is 2.24. The van der Waals surface area contributed by atoms with E-state index in [0.717, 1.165) is 5.56 Å². The second-order valence-corrected chi connectivity index (χ2v) is 5.33. The molecule has 0 atom stereocenters. The summed E-state index contributed by atoms with van der Waals surface area (Å²) in [7, 11) is 0. The van der Waals surface area contributed by atoms with E-state index in [-0.39, 0.29) is 24.3 Å². The topological polar surface area (TPSA) is 75.6 Å². The van der Waals surface area contributed by atoms with Crippen LogP contribution in [0.3, 0.4) is 0 Å². The lowest BCUT2D eigenvalue weighted by atomic mass is 9.80. The maximum atomic E-state index is 11.3. The standard InChI is InChI=1S/C14H17NO4/c1-14(2,6-5-13(17)18)9-3-4-11-10(7-9)15-12(16)8-19-11/h3-4,7H,5-6,8H2,1-2H3,(H,15,16)(H,17,18). The van der Waals surface area contributed by atoms with Crippen molar-refractivity contribution >= 4 is 17.6 Å². The molecule has 0 fully saturated rings. The zero-order chi connectivity index (χ0) is 14.0. The maximum Gasteiger partial charge on any atom is 0.303 e. The molecule has 0 radical (unpaired) electrons. The van der Waals surface area contributed by atoms with Gasteiger partial charge in [-0.3, -0.25) is 9.59 Å². The van der Waals surface area contributed by atoms with Gasteiger partial charge in [-0.25, -0.2) is 0 Å². The van der Waals surface area contributed by atoms with Crippen molar-refractivity contribution < 1.29 is 19.4 Å². The van der Waals surface area contributed by atoms with Crippen LogP contribution in [0.25, 0.3) is 0 Å². The van der Waals surface area contributed by atoms with E-state index in [1.165, 1.54) is 0 Å². The molecule has 1 aliphatic rings. The van der Waals surface area contributed by atoms with Crippen LogP contribution in [0.1, 0.15) is 32.3 Å². The van der Waals surface area contributed by atoms with Crippen LogP contribution < -0.4 is 10.1 Å². The number of hydrogen-bond acceptors (Lipinski definition) is 3. The molecule has 5 nitrogen and oxygen atoms in total. The molecule has 1 aliphatic heterocycles. The lowest BCUT2D eigenvalue weighted by Crippen LogP contribution is -2.26. The average molecular weight is 263 g/mol. The van der Waals surface area contributed by atoms with E-state index >= 15 is 0 Å².